The molecule has 1 aromatic heterocycles. The summed E-state index contributed by atoms with van der Waals surface area (Å²) in [6.45, 7) is 7.07. The summed E-state index contributed by atoms with van der Waals surface area (Å²) in [6.07, 6.45) is -0.567. The van der Waals surface area contributed by atoms with Gasteiger partial charge in [0.2, 0.25) is 0 Å². The number of fused-ring (bicyclic) bond motifs is 1. The molecule has 22 heavy (non-hydrogen) atoms. The molecule has 1 atom stereocenters. The maximum absolute atomic E-state index is 12.0. The van der Waals surface area contributed by atoms with Gasteiger partial charge in [-0.2, -0.15) is 0 Å². The van der Waals surface area contributed by atoms with Gasteiger partial charge in [0.1, 0.15) is 11.4 Å². The summed E-state index contributed by atoms with van der Waals surface area (Å²) in [7, 11) is 0. The van der Waals surface area contributed by atoms with Gasteiger partial charge in [0, 0.05) is 5.39 Å². The number of rotatable bonds is 2. The first-order valence-corrected chi connectivity index (χ1v) is 7.69. The van der Waals surface area contributed by atoms with Crippen molar-refractivity contribution in [3.63, 3.8) is 0 Å². The van der Waals surface area contributed by atoms with Crippen molar-refractivity contribution >= 4 is 32.8 Å². The fraction of sp³-hybridized carbons (Fsp3) is 0.375. The van der Waals surface area contributed by atoms with Gasteiger partial charge in [-0.1, -0.05) is 18.2 Å². The third-order valence-electron chi connectivity index (χ3n) is 2.93. The molecule has 5 nitrogen and oxygen atoms in total. The number of ether oxygens (including phenoxy) is 1. The van der Waals surface area contributed by atoms with Crippen LogP contribution < -0.4 is 10.9 Å². The van der Waals surface area contributed by atoms with Crippen LogP contribution in [0.1, 0.15) is 39.5 Å². The fourth-order valence-corrected chi connectivity index (χ4v) is 2.78. The molecule has 0 fully saturated rings. The van der Waals surface area contributed by atoms with Crippen LogP contribution >= 0.6 is 15.9 Å². The Morgan fingerprint density at radius 2 is 1.86 bits per heavy atom. The van der Waals surface area contributed by atoms with Crippen molar-refractivity contribution in [3.8, 4) is 0 Å². The lowest BCUT2D eigenvalue weighted by Crippen LogP contribution is -2.34. The molecule has 0 aliphatic heterocycles. The average Bonchev–Trinajstić information content (AvgIpc) is 2.40. The zero-order valence-electron chi connectivity index (χ0n) is 12.9. The number of carbonyl (C=O) groups excluding carboxylic acids is 1. The summed E-state index contributed by atoms with van der Waals surface area (Å²) in [5, 5.41) is 3.89. The number of nitrogens with one attached hydrogen (secondary N) is 1. The van der Waals surface area contributed by atoms with E-state index in [2.05, 4.69) is 21.2 Å². The van der Waals surface area contributed by atoms with E-state index >= 15 is 0 Å². The Bertz CT molecular complexity index is 761. The van der Waals surface area contributed by atoms with Crippen LogP contribution in [0, 0.1) is 0 Å². The van der Waals surface area contributed by atoms with E-state index in [1.54, 1.807) is 39.8 Å². The highest BCUT2D eigenvalue weighted by atomic mass is 79.9. The van der Waals surface area contributed by atoms with Crippen molar-refractivity contribution < 1.29 is 13.9 Å². The molecule has 1 amide bonds. The quantitative estimate of drug-likeness (QED) is 0.865. The van der Waals surface area contributed by atoms with Gasteiger partial charge < -0.3 is 14.5 Å². The average molecular weight is 368 g/mol. The Morgan fingerprint density at radius 1 is 1.27 bits per heavy atom. The normalized spacial score (nSPS) is 13.0. The highest BCUT2D eigenvalue weighted by molar-refractivity contribution is 9.10. The molecule has 2 rings (SSSR count). The summed E-state index contributed by atoms with van der Waals surface area (Å²) in [5.41, 5.74) is -1.03. The van der Waals surface area contributed by atoms with E-state index in [-0.39, 0.29) is 0 Å². The van der Waals surface area contributed by atoms with E-state index in [0.717, 1.165) is 5.39 Å². The van der Waals surface area contributed by atoms with Gasteiger partial charge >= 0.3 is 11.7 Å². The SMILES string of the molecule is C[C@@H](NC(=O)OC(C)(C)C)c1oc(=O)c2ccccc2c1Br. The van der Waals surface area contributed by atoms with Gasteiger partial charge in [-0.15, -0.1) is 0 Å². The van der Waals surface area contributed by atoms with Crippen LogP contribution in [0.5, 0.6) is 0 Å². The third kappa shape index (κ3) is 3.68. The van der Waals surface area contributed by atoms with Crippen LogP contribution in [0.2, 0.25) is 0 Å². The van der Waals surface area contributed by atoms with Gasteiger partial charge in [0.15, 0.2) is 0 Å². The molecule has 0 saturated carbocycles. The number of hydrogen-bond donors (Lipinski definition) is 1. The monoisotopic (exact) mass is 367 g/mol. The van der Waals surface area contributed by atoms with Crippen LogP contribution in [0.3, 0.4) is 0 Å². The maximum atomic E-state index is 12.0. The Kier molecular flexibility index (Phi) is 4.60. The van der Waals surface area contributed by atoms with Gasteiger partial charge in [0.05, 0.1) is 15.9 Å². The lowest BCUT2D eigenvalue weighted by atomic mass is 10.1. The van der Waals surface area contributed by atoms with Gasteiger partial charge in [0.25, 0.3) is 0 Å². The van der Waals surface area contributed by atoms with Crippen molar-refractivity contribution in [2.45, 2.75) is 39.3 Å². The van der Waals surface area contributed by atoms with Crippen molar-refractivity contribution in [3.05, 3.63) is 44.9 Å². The van der Waals surface area contributed by atoms with Crippen LogP contribution in [-0.4, -0.2) is 11.7 Å². The largest absolute Gasteiger partial charge is 0.444 e. The number of benzene rings is 1. The molecule has 0 aliphatic carbocycles. The molecule has 1 heterocycles. The number of carbonyl (C=O) groups is 1. The minimum absolute atomic E-state index is 0.356. The van der Waals surface area contributed by atoms with E-state index in [9.17, 15) is 9.59 Å². The topological polar surface area (TPSA) is 68.5 Å². The summed E-state index contributed by atoms with van der Waals surface area (Å²) in [5.74, 6) is 0.356. The van der Waals surface area contributed by atoms with Crippen LogP contribution in [0.4, 0.5) is 4.79 Å². The number of amides is 1. The van der Waals surface area contributed by atoms with Crippen LogP contribution in [0.15, 0.2) is 37.9 Å². The fourth-order valence-electron chi connectivity index (χ4n) is 2.01. The maximum Gasteiger partial charge on any atom is 0.408 e. The Morgan fingerprint density at radius 3 is 2.45 bits per heavy atom. The zero-order valence-corrected chi connectivity index (χ0v) is 14.5. The Hall–Kier alpha value is -1.82. The Balaban J connectivity index is 2.33. The van der Waals surface area contributed by atoms with E-state index < -0.39 is 23.4 Å². The van der Waals surface area contributed by atoms with Gasteiger partial charge in [-0.3, -0.25) is 0 Å². The predicted molar refractivity (Wildman–Crippen MR) is 88.0 cm³/mol. The number of hydrogen-bond acceptors (Lipinski definition) is 4. The summed E-state index contributed by atoms with van der Waals surface area (Å²) in [4.78, 5) is 23.9. The molecule has 0 radical (unpaired) electrons. The zero-order chi connectivity index (χ0) is 16.5. The first-order valence-electron chi connectivity index (χ1n) is 6.90. The van der Waals surface area contributed by atoms with E-state index in [1.165, 1.54) is 0 Å². The third-order valence-corrected chi connectivity index (χ3v) is 3.75. The minimum Gasteiger partial charge on any atom is -0.444 e. The minimum atomic E-state index is -0.592. The highest BCUT2D eigenvalue weighted by Gasteiger charge is 2.22. The van der Waals surface area contributed by atoms with E-state index in [1.807, 2.05) is 12.1 Å². The lowest BCUT2D eigenvalue weighted by Gasteiger charge is -2.22. The summed E-state index contributed by atoms with van der Waals surface area (Å²) < 4.78 is 11.2. The second kappa shape index (κ2) is 6.12. The molecular formula is C16H18BrNO4. The van der Waals surface area contributed by atoms with E-state index in [0.29, 0.717) is 15.6 Å². The molecule has 0 unspecified atom stereocenters. The van der Waals surface area contributed by atoms with Crippen molar-refractivity contribution in [2.75, 3.05) is 0 Å². The second-order valence-electron chi connectivity index (χ2n) is 5.98. The summed E-state index contributed by atoms with van der Waals surface area (Å²) >= 11 is 3.44. The molecule has 6 heteroatoms. The molecule has 1 aromatic carbocycles. The molecular weight excluding hydrogens is 350 g/mol. The van der Waals surface area contributed by atoms with Crippen molar-refractivity contribution in [2.24, 2.45) is 0 Å². The smallest absolute Gasteiger partial charge is 0.408 e. The van der Waals surface area contributed by atoms with Gasteiger partial charge in [-0.25, -0.2) is 9.59 Å². The Labute approximate surface area is 136 Å². The standard InChI is InChI=1S/C16H18BrNO4/c1-9(18-15(20)22-16(2,3)4)13-12(17)10-7-5-6-8-11(10)14(19)21-13/h5-9H,1-4H3,(H,18,20)/t9-/m1/s1. The van der Waals surface area contributed by atoms with Gasteiger partial charge in [-0.05, 0) is 49.7 Å². The first kappa shape index (κ1) is 16.5. The second-order valence-corrected chi connectivity index (χ2v) is 6.77. The molecule has 0 spiro atoms. The molecule has 2 aromatic rings. The number of alkyl carbamates (subject to hydrolysis) is 1. The van der Waals surface area contributed by atoms with Crippen molar-refractivity contribution in [1.29, 1.82) is 0 Å². The molecule has 0 aliphatic rings. The number of halogens is 1. The highest BCUT2D eigenvalue weighted by Crippen LogP contribution is 2.29. The molecule has 118 valence electrons. The predicted octanol–water partition coefficient (Wildman–Crippen LogP) is 4.14. The van der Waals surface area contributed by atoms with Crippen LogP contribution in [-0.2, 0) is 4.74 Å². The molecule has 0 bridgehead atoms. The van der Waals surface area contributed by atoms with E-state index in [4.69, 9.17) is 9.15 Å². The van der Waals surface area contributed by atoms with Crippen LogP contribution in [0.25, 0.3) is 10.8 Å². The molecule has 0 saturated heterocycles. The first-order chi connectivity index (χ1) is 10.2. The summed E-state index contributed by atoms with van der Waals surface area (Å²) in [6, 6.07) is 6.61. The molecule has 1 N–H and O–H groups in total. The lowest BCUT2D eigenvalue weighted by molar-refractivity contribution is 0.0501. The van der Waals surface area contributed by atoms with Crippen molar-refractivity contribution in [1.82, 2.24) is 5.32 Å².